The van der Waals surface area contributed by atoms with Gasteiger partial charge in [0.05, 0.1) is 0 Å². The van der Waals surface area contributed by atoms with E-state index in [1.807, 2.05) is 23.9 Å². The van der Waals surface area contributed by atoms with Gasteiger partial charge in [0, 0.05) is 29.5 Å². The Morgan fingerprint density at radius 1 is 1.03 bits per heavy atom. The number of carbonyl (C=O) groups excluding carboxylic acids is 3. The highest BCUT2D eigenvalue weighted by molar-refractivity contribution is 7.99. The fourth-order valence-corrected chi connectivity index (χ4v) is 5.32. The minimum atomic E-state index is -0.546. The minimum Gasteiger partial charge on any atom is -0.322 e. The number of rotatable bonds is 11. The van der Waals surface area contributed by atoms with Crippen LogP contribution in [-0.4, -0.2) is 47.0 Å². The zero-order valence-electron chi connectivity index (χ0n) is 17.5. The van der Waals surface area contributed by atoms with E-state index in [4.69, 9.17) is 0 Å². The Balaban J connectivity index is 1.22. The van der Waals surface area contributed by atoms with Gasteiger partial charge in [0.1, 0.15) is 6.04 Å². The molecule has 0 spiro atoms. The third-order valence-electron chi connectivity index (χ3n) is 6.13. The maximum atomic E-state index is 12.9. The van der Waals surface area contributed by atoms with Gasteiger partial charge in [-0.2, -0.15) is 0 Å². The fraction of sp³-hybridized carbons (Fsp3) is 0.609. The molecule has 1 aromatic rings. The third-order valence-corrected chi connectivity index (χ3v) is 7.31. The molecule has 1 unspecified atom stereocenters. The molecule has 6 nitrogen and oxygen atoms in total. The molecular weight excluding hydrogens is 398 g/mol. The Labute approximate surface area is 182 Å². The lowest BCUT2D eigenvalue weighted by molar-refractivity contribution is -0.136. The first-order chi connectivity index (χ1) is 14.6. The lowest BCUT2D eigenvalue weighted by atomic mass is 10.0. The molecule has 0 aromatic heterocycles. The van der Waals surface area contributed by atoms with Crippen molar-refractivity contribution in [2.24, 2.45) is 0 Å². The Hall–Kier alpha value is -1.86. The van der Waals surface area contributed by atoms with Gasteiger partial charge in [-0.25, -0.2) is 0 Å². The largest absolute Gasteiger partial charge is 0.322 e. The average Bonchev–Trinajstić information content (AvgIpc) is 3.50. The summed E-state index contributed by atoms with van der Waals surface area (Å²) in [6, 6.07) is 6.12. The van der Waals surface area contributed by atoms with E-state index in [2.05, 4.69) is 16.7 Å². The molecule has 0 bridgehead atoms. The van der Waals surface area contributed by atoms with Gasteiger partial charge in [0.25, 0.3) is 5.91 Å². The molecule has 3 amide bonds. The van der Waals surface area contributed by atoms with Gasteiger partial charge in [-0.15, -0.1) is 11.8 Å². The zero-order chi connectivity index (χ0) is 20.9. The number of benzene rings is 1. The quantitative estimate of drug-likeness (QED) is 0.321. The summed E-state index contributed by atoms with van der Waals surface area (Å²) in [7, 11) is 0. The van der Waals surface area contributed by atoms with Crippen molar-refractivity contribution in [1.82, 2.24) is 15.5 Å². The number of fused-ring (bicyclic) bond motifs is 1. The van der Waals surface area contributed by atoms with Gasteiger partial charge >= 0.3 is 0 Å². The summed E-state index contributed by atoms with van der Waals surface area (Å²) < 4.78 is 0. The SMILES string of the molecule is O=C1CCC(N2Cc3c(SCCCCCCCNC4CC4)cccc3C2=O)C(=O)N1. The second kappa shape index (κ2) is 9.96. The Bertz CT molecular complexity index is 809. The van der Waals surface area contributed by atoms with E-state index < -0.39 is 6.04 Å². The van der Waals surface area contributed by atoms with Gasteiger partial charge in [-0.3, -0.25) is 19.7 Å². The summed E-state index contributed by atoms with van der Waals surface area (Å²) in [6.45, 7) is 1.62. The number of hydrogen-bond acceptors (Lipinski definition) is 5. The highest BCUT2D eigenvalue weighted by Gasteiger charge is 2.39. The summed E-state index contributed by atoms with van der Waals surface area (Å²) >= 11 is 1.81. The average molecular weight is 430 g/mol. The van der Waals surface area contributed by atoms with Crippen LogP contribution in [0.25, 0.3) is 0 Å². The van der Waals surface area contributed by atoms with Crippen molar-refractivity contribution in [3.05, 3.63) is 29.3 Å². The van der Waals surface area contributed by atoms with Gasteiger partial charge in [-0.05, 0) is 62.1 Å². The van der Waals surface area contributed by atoms with Crippen LogP contribution in [0, 0.1) is 0 Å². The van der Waals surface area contributed by atoms with Crippen LogP contribution < -0.4 is 10.6 Å². The molecule has 162 valence electrons. The lowest BCUT2D eigenvalue weighted by Crippen LogP contribution is -2.52. The second-order valence-electron chi connectivity index (χ2n) is 8.53. The molecule has 3 aliphatic rings. The van der Waals surface area contributed by atoms with Crippen molar-refractivity contribution < 1.29 is 14.4 Å². The second-order valence-corrected chi connectivity index (χ2v) is 9.66. The standard InChI is InChI=1S/C23H31N3O3S/c27-21-12-11-19(22(28)25-21)26-15-18-17(23(26)29)7-6-8-20(18)30-14-5-3-1-2-4-13-24-16-9-10-16/h6-8,16,19,24H,1-5,9-15H2,(H,25,27,28). The number of hydrogen-bond donors (Lipinski definition) is 2. The topological polar surface area (TPSA) is 78.5 Å². The van der Waals surface area contributed by atoms with Crippen molar-refractivity contribution in [1.29, 1.82) is 0 Å². The smallest absolute Gasteiger partial charge is 0.255 e. The summed E-state index contributed by atoms with van der Waals surface area (Å²) in [4.78, 5) is 39.3. The van der Waals surface area contributed by atoms with E-state index in [-0.39, 0.29) is 24.1 Å². The molecular formula is C23H31N3O3S. The van der Waals surface area contributed by atoms with Gasteiger partial charge in [0.15, 0.2) is 0 Å². The van der Waals surface area contributed by atoms with E-state index in [0.717, 1.165) is 28.8 Å². The van der Waals surface area contributed by atoms with Crippen molar-refractivity contribution in [2.75, 3.05) is 12.3 Å². The fourth-order valence-electron chi connectivity index (χ4n) is 4.23. The molecule has 1 saturated heterocycles. The molecule has 4 rings (SSSR count). The van der Waals surface area contributed by atoms with Crippen LogP contribution in [0.1, 0.15) is 73.7 Å². The van der Waals surface area contributed by atoms with Crippen molar-refractivity contribution >= 4 is 29.5 Å². The van der Waals surface area contributed by atoms with Crippen LogP contribution >= 0.6 is 11.8 Å². The third kappa shape index (κ3) is 5.24. The Morgan fingerprint density at radius 3 is 2.63 bits per heavy atom. The number of nitrogens with zero attached hydrogens (tertiary/aromatic N) is 1. The molecule has 1 aromatic carbocycles. The Kier molecular flexibility index (Phi) is 7.10. The number of piperidine rings is 1. The number of imide groups is 1. The van der Waals surface area contributed by atoms with Gasteiger partial charge in [-0.1, -0.05) is 25.3 Å². The highest BCUT2D eigenvalue weighted by Crippen LogP contribution is 2.34. The normalized spacial score (nSPS) is 21.1. The monoisotopic (exact) mass is 429 g/mol. The molecule has 30 heavy (non-hydrogen) atoms. The predicted octanol–water partition coefficient (Wildman–Crippen LogP) is 3.24. The minimum absolute atomic E-state index is 0.0956. The molecule has 1 aliphatic carbocycles. The lowest BCUT2D eigenvalue weighted by Gasteiger charge is -2.29. The summed E-state index contributed by atoms with van der Waals surface area (Å²) in [5.74, 6) is 0.343. The molecule has 7 heteroatoms. The number of amides is 3. The van der Waals surface area contributed by atoms with Crippen molar-refractivity contribution in [3.8, 4) is 0 Å². The first kappa shape index (κ1) is 21.4. The molecule has 2 N–H and O–H groups in total. The van der Waals surface area contributed by atoms with Gasteiger partial charge in [0.2, 0.25) is 11.8 Å². The van der Waals surface area contributed by atoms with E-state index in [0.29, 0.717) is 18.5 Å². The maximum Gasteiger partial charge on any atom is 0.255 e. The van der Waals surface area contributed by atoms with Crippen LogP contribution in [0.3, 0.4) is 0 Å². The maximum absolute atomic E-state index is 12.9. The van der Waals surface area contributed by atoms with Crippen LogP contribution in [0.2, 0.25) is 0 Å². The first-order valence-electron chi connectivity index (χ1n) is 11.3. The molecule has 2 fully saturated rings. The van der Waals surface area contributed by atoms with E-state index in [1.165, 1.54) is 44.9 Å². The first-order valence-corrected chi connectivity index (χ1v) is 12.2. The number of nitrogens with one attached hydrogen (secondary N) is 2. The summed E-state index contributed by atoms with van der Waals surface area (Å²) in [6.07, 6.45) is 9.67. The van der Waals surface area contributed by atoms with Crippen LogP contribution in [0.5, 0.6) is 0 Å². The van der Waals surface area contributed by atoms with E-state index in [9.17, 15) is 14.4 Å². The number of unbranched alkanes of at least 4 members (excludes halogenated alkanes) is 4. The summed E-state index contributed by atoms with van der Waals surface area (Å²) in [5.41, 5.74) is 1.73. The van der Waals surface area contributed by atoms with Crippen molar-refractivity contribution in [3.63, 3.8) is 0 Å². The molecule has 2 aliphatic heterocycles. The van der Waals surface area contributed by atoms with Gasteiger partial charge < -0.3 is 10.2 Å². The van der Waals surface area contributed by atoms with Crippen LogP contribution in [0.4, 0.5) is 0 Å². The molecule has 1 atom stereocenters. The Morgan fingerprint density at radius 2 is 1.83 bits per heavy atom. The molecule has 2 heterocycles. The highest BCUT2D eigenvalue weighted by atomic mass is 32.2. The number of thioether (sulfide) groups is 1. The van der Waals surface area contributed by atoms with Crippen LogP contribution in [-0.2, 0) is 16.1 Å². The number of carbonyl (C=O) groups is 3. The predicted molar refractivity (Wildman–Crippen MR) is 117 cm³/mol. The van der Waals surface area contributed by atoms with E-state index in [1.54, 1.807) is 4.90 Å². The molecule has 0 radical (unpaired) electrons. The zero-order valence-corrected chi connectivity index (χ0v) is 18.3. The molecule has 1 saturated carbocycles. The summed E-state index contributed by atoms with van der Waals surface area (Å²) in [5, 5.41) is 5.92. The van der Waals surface area contributed by atoms with Crippen LogP contribution in [0.15, 0.2) is 23.1 Å². The van der Waals surface area contributed by atoms with Crippen molar-refractivity contribution in [2.45, 2.75) is 81.3 Å². The van der Waals surface area contributed by atoms with E-state index >= 15 is 0 Å².